The summed E-state index contributed by atoms with van der Waals surface area (Å²) in [6.07, 6.45) is -3.00. The Morgan fingerprint density at radius 3 is 2.52 bits per heavy atom. The van der Waals surface area contributed by atoms with Gasteiger partial charge in [0.05, 0.1) is 25.9 Å². The molecule has 0 fully saturated rings. The molecule has 2 atom stereocenters. The smallest absolute Gasteiger partial charge is 0.337 e. The molecular weight excluding hydrogens is 404 g/mol. The van der Waals surface area contributed by atoms with E-state index in [1.165, 1.54) is 0 Å². The Morgan fingerprint density at radius 2 is 1.81 bits per heavy atom. The molecule has 2 rings (SSSR count). The fourth-order valence-corrected chi connectivity index (χ4v) is 2.70. The lowest BCUT2D eigenvalue weighted by molar-refractivity contribution is -0.159. The summed E-state index contributed by atoms with van der Waals surface area (Å²) < 4.78 is 26.5. The first-order valence-electron chi connectivity index (χ1n) is 10.1. The molecule has 2 aromatic carbocycles. The zero-order valence-corrected chi connectivity index (χ0v) is 17.9. The summed E-state index contributed by atoms with van der Waals surface area (Å²) in [6, 6.07) is 14.7. The van der Waals surface area contributed by atoms with E-state index in [9.17, 15) is 15.0 Å². The van der Waals surface area contributed by atoms with Gasteiger partial charge in [-0.1, -0.05) is 36.4 Å². The molecule has 0 aromatic heterocycles. The molecule has 170 valence electrons. The van der Waals surface area contributed by atoms with Gasteiger partial charge >= 0.3 is 5.97 Å². The van der Waals surface area contributed by atoms with Gasteiger partial charge in [-0.05, 0) is 24.1 Å². The standard InChI is InChI=1S/C23H30O8/c1-3-29-23(26)22(25)20(24)13-18-9-10-19(31-16-28-12-11-27-2)14-21(18)30-15-17-7-5-4-6-8-17/h4-10,14,20,22,24-25H,3,11-13,15-16H2,1-2H3/t20-,22+/m0/s1. The first-order chi connectivity index (χ1) is 15.0. The number of carbonyl (C=O) groups is 1. The lowest BCUT2D eigenvalue weighted by Crippen LogP contribution is -2.36. The Labute approximate surface area is 182 Å². The number of hydrogen-bond acceptors (Lipinski definition) is 8. The summed E-state index contributed by atoms with van der Waals surface area (Å²) in [5, 5.41) is 20.3. The lowest BCUT2D eigenvalue weighted by Gasteiger charge is -2.19. The van der Waals surface area contributed by atoms with Gasteiger partial charge in [-0.15, -0.1) is 0 Å². The minimum absolute atomic E-state index is 0.00524. The van der Waals surface area contributed by atoms with Gasteiger partial charge in [-0.2, -0.15) is 0 Å². The Hall–Kier alpha value is -2.65. The molecule has 0 spiro atoms. The second-order valence-electron chi connectivity index (χ2n) is 6.68. The molecule has 0 amide bonds. The molecule has 0 aliphatic heterocycles. The number of esters is 1. The van der Waals surface area contributed by atoms with Gasteiger partial charge in [0.2, 0.25) is 0 Å². The third kappa shape index (κ3) is 8.55. The molecule has 0 radical (unpaired) electrons. The summed E-state index contributed by atoms with van der Waals surface area (Å²) in [5.41, 5.74) is 1.58. The molecule has 8 heteroatoms. The van der Waals surface area contributed by atoms with Gasteiger partial charge in [0, 0.05) is 19.6 Å². The predicted molar refractivity (Wildman–Crippen MR) is 113 cm³/mol. The lowest BCUT2D eigenvalue weighted by atomic mass is 10.0. The van der Waals surface area contributed by atoms with Crippen LogP contribution < -0.4 is 9.47 Å². The Balaban J connectivity index is 2.09. The average molecular weight is 434 g/mol. The summed E-state index contributed by atoms with van der Waals surface area (Å²) in [7, 11) is 1.59. The van der Waals surface area contributed by atoms with Crippen molar-refractivity contribution in [1.82, 2.24) is 0 Å². The van der Waals surface area contributed by atoms with Crippen LogP contribution in [-0.4, -0.2) is 62.1 Å². The number of methoxy groups -OCH3 is 1. The van der Waals surface area contributed by atoms with Crippen LogP contribution in [0, 0.1) is 0 Å². The number of aliphatic hydroxyl groups excluding tert-OH is 2. The molecule has 2 aromatic rings. The van der Waals surface area contributed by atoms with Gasteiger partial charge in [-0.25, -0.2) is 4.79 Å². The zero-order valence-electron chi connectivity index (χ0n) is 17.9. The van der Waals surface area contributed by atoms with Crippen LogP contribution in [0.3, 0.4) is 0 Å². The largest absolute Gasteiger partial charge is 0.488 e. The molecule has 0 heterocycles. The van der Waals surface area contributed by atoms with Gasteiger partial charge in [0.25, 0.3) is 0 Å². The van der Waals surface area contributed by atoms with Crippen molar-refractivity contribution in [3.8, 4) is 11.5 Å². The van der Waals surface area contributed by atoms with E-state index in [-0.39, 0.29) is 19.8 Å². The van der Waals surface area contributed by atoms with Crippen LogP contribution in [0.5, 0.6) is 11.5 Å². The SMILES string of the molecule is CCOC(=O)[C@H](O)[C@@H](O)Cc1ccc(OCOCCOC)cc1OCc1ccccc1. The average Bonchev–Trinajstić information content (AvgIpc) is 2.79. The van der Waals surface area contributed by atoms with Gasteiger partial charge in [0.15, 0.2) is 12.9 Å². The highest BCUT2D eigenvalue weighted by molar-refractivity contribution is 5.75. The summed E-state index contributed by atoms with van der Waals surface area (Å²) >= 11 is 0. The van der Waals surface area contributed by atoms with Crippen molar-refractivity contribution in [2.45, 2.75) is 32.2 Å². The Kier molecular flexibility index (Phi) is 10.8. The van der Waals surface area contributed by atoms with E-state index < -0.39 is 18.2 Å². The third-order valence-electron chi connectivity index (χ3n) is 4.34. The maximum Gasteiger partial charge on any atom is 0.337 e. The van der Waals surface area contributed by atoms with E-state index in [4.69, 9.17) is 23.7 Å². The zero-order chi connectivity index (χ0) is 22.5. The highest BCUT2D eigenvalue weighted by Crippen LogP contribution is 2.28. The fourth-order valence-electron chi connectivity index (χ4n) is 2.70. The second-order valence-corrected chi connectivity index (χ2v) is 6.68. The van der Waals surface area contributed by atoms with Crippen LogP contribution in [0.2, 0.25) is 0 Å². The number of benzene rings is 2. The number of hydrogen-bond donors (Lipinski definition) is 2. The van der Waals surface area contributed by atoms with Crippen LogP contribution in [-0.2, 0) is 32.0 Å². The van der Waals surface area contributed by atoms with Crippen molar-refractivity contribution in [3.05, 3.63) is 59.7 Å². The van der Waals surface area contributed by atoms with E-state index in [2.05, 4.69) is 0 Å². The summed E-state index contributed by atoms with van der Waals surface area (Å²) in [6.45, 7) is 2.97. The quantitative estimate of drug-likeness (QED) is 0.265. The molecule has 8 nitrogen and oxygen atoms in total. The number of rotatable bonds is 14. The molecular formula is C23H30O8. The van der Waals surface area contributed by atoms with Crippen LogP contribution in [0.4, 0.5) is 0 Å². The summed E-state index contributed by atoms with van der Waals surface area (Å²) in [4.78, 5) is 11.7. The first-order valence-corrected chi connectivity index (χ1v) is 10.1. The normalized spacial score (nSPS) is 12.8. The van der Waals surface area contributed by atoms with Crippen LogP contribution in [0.1, 0.15) is 18.1 Å². The van der Waals surface area contributed by atoms with Crippen LogP contribution in [0.15, 0.2) is 48.5 Å². The topological polar surface area (TPSA) is 104 Å². The molecule has 2 N–H and O–H groups in total. The maximum absolute atomic E-state index is 11.7. The van der Waals surface area contributed by atoms with Crippen molar-refractivity contribution in [2.24, 2.45) is 0 Å². The molecule has 0 aliphatic rings. The van der Waals surface area contributed by atoms with Crippen molar-refractivity contribution in [2.75, 3.05) is 33.7 Å². The number of aliphatic hydroxyl groups is 2. The molecule has 31 heavy (non-hydrogen) atoms. The van der Waals surface area contributed by atoms with E-state index in [1.54, 1.807) is 32.2 Å². The van der Waals surface area contributed by atoms with Gasteiger partial charge in [0.1, 0.15) is 18.1 Å². The molecule has 0 saturated carbocycles. The van der Waals surface area contributed by atoms with Crippen molar-refractivity contribution < 1.29 is 38.7 Å². The minimum atomic E-state index is -1.65. The Morgan fingerprint density at radius 1 is 1.03 bits per heavy atom. The van der Waals surface area contributed by atoms with E-state index in [1.807, 2.05) is 30.3 Å². The molecule has 0 saturated heterocycles. The Bertz CT molecular complexity index is 780. The highest BCUT2D eigenvalue weighted by Gasteiger charge is 2.26. The van der Waals surface area contributed by atoms with E-state index in [0.717, 1.165) is 5.56 Å². The minimum Gasteiger partial charge on any atom is -0.488 e. The van der Waals surface area contributed by atoms with Crippen molar-refractivity contribution >= 4 is 5.97 Å². The second kappa shape index (κ2) is 13.6. The van der Waals surface area contributed by atoms with Crippen molar-refractivity contribution in [3.63, 3.8) is 0 Å². The van der Waals surface area contributed by atoms with Crippen molar-refractivity contribution in [1.29, 1.82) is 0 Å². The maximum atomic E-state index is 11.7. The van der Waals surface area contributed by atoms with E-state index >= 15 is 0 Å². The molecule has 0 unspecified atom stereocenters. The van der Waals surface area contributed by atoms with Gasteiger partial charge in [-0.3, -0.25) is 0 Å². The third-order valence-corrected chi connectivity index (χ3v) is 4.34. The van der Waals surface area contributed by atoms with Crippen LogP contribution in [0.25, 0.3) is 0 Å². The fraction of sp³-hybridized carbons (Fsp3) is 0.435. The van der Waals surface area contributed by atoms with E-state index in [0.29, 0.717) is 36.9 Å². The van der Waals surface area contributed by atoms with Gasteiger partial charge < -0.3 is 33.9 Å². The number of ether oxygens (including phenoxy) is 5. The summed E-state index contributed by atoms with van der Waals surface area (Å²) in [5.74, 6) is 0.118. The predicted octanol–water partition coefficient (Wildman–Crippen LogP) is 2.09. The molecule has 0 aliphatic carbocycles. The highest BCUT2D eigenvalue weighted by atomic mass is 16.7. The number of carbonyl (C=O) groups excluding carboxylic acids is 1. The monoisotopic (exact) mass is 434 g/mol. The van der Waals surface area contributed by atoms with Crippen LogP contribution >= 0.6 is 0 Å². The molecule has 0 bridgehead atoms. The first kappa shape index (κ1) is 24.6.